The van der Waals surface area contributed by atoms with E-state index in [4.69, 9.17) is 19.4 Å². The Balaban J connectivity index is 1.98. The Morgan fingerprint density at radius 3 is 1.93 bits per heavy atom. The summed E-state index contributed by atoms with van der Waals surface area (Å²) in [4.78, 5) is 41.6. The molecule has 4 N–H and O–H groups in total. The van der Waals surface area contributed by atoms with Gasteiger partial charge in [0.1, 0.15) is 11.2 Å². The van der Waals surface area contributed by atoms with E-state index in [9.17, 15) is 19.8 Å². The number of carbonyl (C=O) groups is 2. The van der Waals surface area contributed by atoms with Crippen LogP contribution in [0.4, 0.5) is 0 Å². The number of aryl methyl sites for hydroxylation is 3. The Morgan fingerprint density at radius 2 is 1.32 bits per heavy atom. The van der Waals surface area contributed by atoms with Crippen molar-refractivity contribution in [3.8, 4) is 0 Å². The van der Waals surface area contributed by atoms with Crippen LogP contribution in [0.25, 0.3) is 33.2 Å². The van der Waals surface area contributed by atoms with E-state index >= 15 is 0 Å². The van der Waals surface area contributed by atoms with Crippen molar-refractivity contribution in [3.05, 3.63) is 69.3 Å². The number of rotatable bonds is 6. The maximum absolute atomic E-state index is 12.5. The summed E-state index contributed by atoms with van der Waals surface area (Å²) in [6, 6.07) is 7.31. The molecule has 44 heavy (non-hydrogen) atoms. The van der Waals surface area contributed by atoms with Gasteiger partial charge < -0.3 is 29.7 Å². The molecule has 3 aromatic heterocycles. The number of nitrogens with zero attached hydrogens (tertiary/aromatic N) is 2. The number of carbonyl (C=O) groups excluding carboxylic acids is 2. The van der Waals surface area contributed by atoms with Crippen LogP contribution in [-0.4, -0.2) is 56.3 Å². The fourth-order valence-corrected chi connectivity index (χ4v) is 6.31. The Bertz CT molecular complexity index is 1880. The van der Waals surface area contributed by atoms with Crippen LogP contribution in [0.15, 0.2) is 24.3 Å². The molecule has 0 aromatic carbocycles. The normalized spacial score (nSPS) is 19.8. The van der Waals surface area contributed by atoms with Crippen molar-refractivity contribution in [3.63, 3.8) is 0 Å². The topological polar surface area (TPSA) is 150 Å². The molecule has 0 saturated carbocycles. The van der Waals surface area contributed by atoms with Crippen LogP contribution in [0.5, 0.6) is 0 Å². The van der Waals surface area contributed by atoms with Gasteiger partial charge in [-0.15, -0.1) is 0 Å². The highest BCUT2D eigenvalue weighted by atomic mass is 16.5. The number of hydrogen-bond donors (Lipinski definition) is 4. The SMILES string of the molecule is CCc1c(C)c2cc3nc(cc4[nH]c(cc5nc(cc1[nH]2)C(CC(=O)OC)=C5C)c(C)c4CC(=O)OC)C(O)(CC)C3(C)O. The van der Waals surface area contributed by atoms with Gasteiger partial charge in [-0.05, 0) is 98.2 Å². The second-order valence-electron chi connectivity index (χ2n) is 11.7. The Kier molecular flexibility index (Phi) is 8.02. The highest BCUT2D eigenvalue weighted by molar-refractivity contribution is 5.99. The minimum absolute atomic E-state index is 0.0145. The van der Waals surface area contributed by atoms with E-state index in [0.717, 1.165) is 45.3 Å². The second kappa shape index (κ2) is 11.3. The van der Waals surface area contributed by atoms with Gasteiger partial charge in [-0.1, -0.05) is 13.8 Å². The van der Waals surface area contributed by atoms with E-state index in [1.165, 1.54) is 14.2 Å². The zero-order chi connectivity index (χ0) is 32.1. The van der Waals surface area contributed by atoms with Gasteiger partial charge in [0, 0.05) is 22.1 Å². The van der Waals surface area contributed by atoms with Crippen molar-refractivity contribution in [1.29, 1.82) is 0 Å². The largest absolute Gasteiger partial charge is 0.469 e. The van der Waals surface area contributed by atoms with Gasteiger partial charge in [-0.25, -0.2) is 4.98 Å². The fourth-order valence-electron chi connectivity index (χ4n) is 6.31. The molecule has 2 aliphatic rings. The summed E-state index contributed by atoms with van der Waals surface area (Å²) in [5.41, 5.74) is 6.43. The van der Waals surface area contributed by atoms with Crippen molar-refractivity contribution >= 4 is 45.2 Å². The van der Waals surface area contributed by atoms with E-state index in [2.05, 4.69) is 16.9 Å². The number of aromatic nitrogens is 4. The number of aromatic amines is 2. The number of aliphatic hydroxyl groups is 2. The number of esters is 2. The van der Waals surface area contributed by atoms with Gasteiger partial charge in [0.25, 0.3) is 0 Å². The molecular weight excluding hydrogens is 560 g/mol. The maximum atomic E-state index is 12.5. The van der Waals surface area contributed by atoms with Crippen LogP contribution in [0.2, 0.25) is 0 Å². The van der Waals surface area contributed by atoms with Crippen LogP contribution < -0.4 is 0 Å². The third-order valence-corrected chi connectivity index (χ3v) is 9.34. The van der Waals surface area contributed by atoms with E-state index in [-0.39, 0.29) is 30.9 Å². The van der Waals surface area contributed by atoms with Crippen molar-refractivity contribution in [1.82, 2.24) is 19.9 Å². The summed E-state index contributed by atoms with van der Waals surface area (Å²) in [5.74, 6) is -0.791. The molecule has 0 fully saturated rings. The number of nitrogens with one attached hydrogen (secondary N) is 2. The first-order valence-electron chi connectivity index (χ1n) is 14.8. The monoisotopic (exact) mass is 600 g/mol. The lowest BCUT2D eigenvalue weighted by atomic mass is 9.80. The van der Waals surface area contributed by atoms with Crippen molar-refractivity contribution in [2.24, 2.45) is 0 Å². The quantitative estimate of drug-likeness (QED) is 0.282. The van der Waals surface area contributed by atoms with E-state index in [1.54, 1.807) is 26.0 Å². The highest BCUT2D eigenvalue weighted by Gasteiger charge is 2.53. The van der Waals surface area contributed by atoms with Gasteiger partial charge in [0.2, 0.25) is 0 Å². The van der Waals surface area contributed by atoms with Crippen LogP contribution in [0, 0.1) is 13.8 Å². The van der Waals surface area contributed by atoms with Crippen LogP contribution in [0.1, 0.15) is 85.6 Å². The molecule has 5 rings (SSSR count). The molecule has 0 radical (unpaired) electrons. The maximum Gasteiger partial charge on any atom is 0.310 e. The molecule has 5 heterocycles. The van der Waals surface area contributed by atoms with Crippen molar-refractivity contribution in [2.75, 3.05) is 14.2 Å². The van der Waals surface area contributed by atoms with E-state index < -0.39 is 17.2 Å². The first-order valence-corrected chi connectivity index (χ1v) is 14.8. The molecule has 2 aliphatic heterocycles. The summed E-state index contributed by atoms with van der Waals surface area (Å²) in [6.45, 7) is 11.3. The Morgan fingerprint density at radius 1 is 0.773 bits per heavy atom. The second-order valence-corrected chi connectivity index (χ2v) is 11.7. The smallest absolute Gasteiger partial charge is 0.310 e. The third kappa shape index (κ3) is 4.92. The number of ether oxygens (including phenoxy) is 2. The van der Waals surface area contributed by atoms with Gasteiger partial charge in [0.15, 0.2) is 0 Å². The van der Waals surface area contributed by atoms with Crippen LogP contribution in [0.3, 0.4) is 0 Å². The zero-order valence-corrected chi connectivity index (χ0v) is 26.6. The van der Waals surface area contributed by atoms with Gasteiger partial charge in [-0.3, -0.25) is 14.6 Å². The molecule has 0 amide bonds. The van der Waals surface area contributed by atoms with Gasteiger partial charge >= 0.3 is 11.9 Å². The van der Waals surface area contributed by atoms with Gasteiger partial charge in [0.05, 0.1) is 49.8 Å². The Labute approximate surface area is 256 Å². The van der Waals surface area contributed by atoms with Crippen molar-refractivity contribution in [2.45, 2.75) is 78.4 Å². The average molecular weight is 601 g/mol. The molecule has 3 aromatic rings. The number of allylic oxidation sites excluding steroid dienone is 1. The van der Waals surface area contributed by atoms with Gasteiger partial charge in [-0.2, -0.15) is 0 Å². The van der Waals surface area contributed by atoms with E-state index in [1.807, 2.05) is 32.9 Å². The predicted molar refractivity (Wildman–Crippen MR) is 168 cm³/mol. The number of hydrogen-bond acceptors (Lipinski definition) is 8. The number of fused-ring (bicyclic) bond motifs is 8. The minimum Gasteiger partial charge on any atom is -0.469 e. The molecule has 2 unspecified atom stereocenters. The van der Waals surface area contributed by atoms with Crippen LogP contribution >= 0.6 is 0 Å². The Hall–Kier alpha value is -4.28. The predicted octanol–water partition coefficient (Wildman–Crippen LogP) is 5.21. The summed E-state index contributed by atoms with van der Waals surface area (Å²) >= 11 is 0. The molecule has 10 nitrogen and oxygen atoms in total. The molecule has 10 heteroatoms. The lowest BCUT2D eigenvalue weighted by molar-refractivity contribution is -0.148. The lowest BCUT2D eigenvalue weighted by Gasteiger charge is -2.34. The summed E-state index contributed by atoms with van der Waals surface area (Å²) in [6.07, 6.45) is 0.967. The molecule has 2 atom stereocenters. The molecule has 232 valence electrons. The first-order chi connectivity index (χ1) is 20.8. The average Bonchev–Trinajstić information content (AvgIpc) is 3.61. The lowest BCUT2D eigenvalue weighted by Crippen LogP contribution is -2.43. The molecule has 0 spiro atoms. The zero-order valence-electron chi connectivity index (χ0n) is 26.6. The van der Waals surface area contributed by atoms with Crippen molar-refractivity contribution < 1.29 is 29.3 Å². The fraction of sp³-hybridized carbons (Fsp3) is 0.412. The minimum atomic E-state index is -1.71. The molecule has 0 aliphatic carbocycles. The summed E-state index contributed by atoms with van der Waals surface area (Å²) in [5, 5.41) is 23.7. The molecular formula is C34H40N4O6. The summed E-state index contributed by atoms with van der Waals surface area (Å²) < 4.78 is 9.99. The highest BCUT2D eigenvalue weighted by Crippen LogP contribution is 2.46. The first kappa shape index (κ1) is 31.2. The molecule has 0 saturated heterocycles. The van der Waals surface area contributed by atoms with E-state index in [0.29, 0.717) is 33.7 Å². The standard InChI is InChI=1S/C34H40N4O6/c1-9-20-17(3)25-15-29-33(6,41)34(42,10-2)30(38-29)16-28-22(12-32(40)44-8)19(5)24(36-28)13-23-18(4)21(11-31(39)43-7)27(35-23)14-26(20)37-25/h13-16,36-37,41-42H,9-12H2,1-8H3. The molecule has 8 bridgehead atoms. The number of methoxy groups -OCH3 is 2. The van der Waals surface area contributed by atoms with Crippen LogP contribution in [-0.2, 0) is 43.1 Å². The number of H-pyrrole nitrogens is 2. The third-order valence-electron chi connectivity index (χ3n) is 9.34. The summed E-state index contributed by atoms with van der Waals surface area (Å²) in [7, 11) is 2.70.